The summed E-state index contributed by atoms with van der Waals surface area (Å²) in [4.78, 5) is 23.7. The minimum absolute atomic E-state index is 0.111. The lowest BCUT2D eigenvalue weighted by Crippen LogP contribution is -2.44. The van der Waals surface area contributed by atoms with Gasteiger partial charge in [0.2, 0.25) is 17.6 Å². The number of benzene rings is 1. The van der Waals surface area contributed by atoms with Crippen LogP contribution in [0.15, 0.2) is 53.2 Å². The van der Waals surface area contributed by atoms with E-state index in [2.05, 4.69) is 15.1 Å². The highest BCUT2D eigenvalue weighted by Crippen LogP contribution is 2.31. The molecule has 1 unspecified atom stereocenters. The molecule has 2 aliphatic heterocycles. The molecule has 1 amide bonds. The van der Waals surface area contributed by atoms with E-state index in [1.54, 1.807) is 6.20 Å². The second-order valence-corrected chi connectivity index (χ2v) is 7.59. The number of hydrogen-bond donors (Lipinski definition) is 0. The Morgan fingerprint density at radius 1 is 1.07 bits per heavy atom. The molecular formula is C22H22N4O3. The van der Waals surface area contributed by atoms with Crippen LogP contribution in [0.4, 0.5) is 0 Å². The van der Waals surface area contributed by atoms with Crippen LogP contribution in [-0.2, 0) is 11.2 Å². The van der Waals surface area contributed by atoms with Crippen molar-refractivity contribution in [3.63, 3.8) is 0 Å². The van der Waals surface area contributed by atoms with Gasteiger partial charge < -0.3 is 14.2 Å². The Hall–Kier alpha value is -3.22. The Kier molecular flexibility index (Phi) is 4.71. The highest BCUT2D eigenvalue weighted by molar-refractivity contribution is 5.80. The second kappa shape index (κ2) is 7.66. The van der Waals surface area contributed by atoms with Crippen LogP contribution in [0.1, 0.15) is 30.2 Å². The summed E-state index contributed by atoms with van der Waals surface area (Å²) < 4.78 is 11.3. The number of amides is 1. The maximum atomic E-state index is 13.0. The Morgan fingerprint density at radius 3 is 2.72 bits per heavy atom. The van der Waals surface area contributed by atoms with Crippen LogP contribution in [0, 0.1) is 5.92 Å². The molecule has 7 nitrogen and oxygen atoms in total. The van der Waals surface area contributed by atoms with Crippen molar-refractivity contribution in [1.29, 1.82) is 0 Å². The van der Waals surface area contributed by atoms with Crippen LogP contribution in [-0.4, -0.2) is 45.6 Å². The minimum Gasteiger partial charge on any atom is -0.492 e. The van der Waals surface area contributed by atoms with Crippen molar-refractivity contribution < 1.29 is 14.1 Å². The van der Waals surface area contributed by atoms with Crippen molar-refractivity contribution in [2.75, 3.05) is 19.7 Å². The molecule has 0 N–H and O–H groups in total. The van der Waals surface area contributed by atoms with E-state index in [-0.39, 0.29) is 17.7 Å². The van der Waals surface area contributed by atoms with Gasteiger partial charge in [-0.15, -0.1) is 0 Å². The highest BCUT2D eigenvalue weighted by atomic mass is 16.5. The summed E-state index contributed by atoms with van der Waals surface area (Å²) in [5.74, 6) is 2.28. The smallest absolute Gasteiger partial charge is 0.230 e. The summed E-state index contributed by atoms with van der Waals surface area (Å²) in [5, 5.41) is 4.06. The van der Waals surface area contributed by atoms with E-state index in [9.17, 15) is 4.79 Å². The molecule has 4 heterocycles. The van der Waals surface area contributed by atoms with Crippen LogP contribution < -0.4 is 4.74 Å². The maximum Gasteiger partial charge on any atom is 0.230 e. The summed E-state index contributed by atoms with van der Waals surface area (Å²) in [7, 11) is 0. The Morgan fingerprint density at radius 2 is 1.90 bits per heavy atom. The van der Waals surface area contributed by atoms with E-state index >= 15 is 0 Å². The van der Waals surface area contributed by atoms with Crippen molar-refractivity contribution in [2.24, 2.45) is 5.92 Å². The van der Waals surface area contributed by atoms with Gasteiger partial charge in [0.15, 0.2) is 0 Å². The molecule has 2 aliphatic rings. The standard InChI is InChI=1S/C22H22N4O3/c27-22(17-13-16-5-1-2-7-19(16)28-14-17)26-11-8-15(9-12-26)21-24-20(25-29-21)18-6-3-4-10-23-18/h1-7,10,15,17H,8-9,11-14H2. The van der Waals surface area contributed by atoms with Gasteiger partial charge in [-0.25, -0.2) is 0 Å². The first kappa shape index (κ1) is 17.8. The number of fused-ring (bicyclic) bond motifs is 1. The first-order valence-corrected chi connectivity index (χ1v) is 10.0. The molecule has 2 aromatic heterocycles. The number of carbonyl (C=O) groups excluding carboxylic acids is 1. The average molecular weight is 390 g/mol. The fourth-order valence-electron chi connectivity index (χ4n) is 4.09. The lowest BCUT2D eigenvalue weighted by molar-refractivity contribution is -0.138. The van der Waals surface area contributed by atoms with E-state index in [1.807, 2.05) is 47.4 Å². The lowest BCUT2D eigenvalue weighted by atomic mass is 9.92. The normalized spacial score (nSPS) is 19.4. The highest BCUT2D eigenvalue weighted by Gasteiger charge is 2.33. The minimum atomic E-state index is -0.111. The predicted octanol–water partition coefficient (Wildman–Crippen LogP) is 3.09. The molecule has 1 atom stereocenters. The monoisotopic (exact) mass is 390 g/mol. The third-order valence-corrected chi connectivity index (χ3v) is 5.72. The number of carbonyl (C=O) groups is 1. The second-order valence-electron chi connectivity index (χ2n) is 7.59. The first-order chi connectivity index (χ1) is 14.3. The summed E-state index contributed by atoms with van der Waals surface area (Å²) in [6.45, 7) is 1.85. The molecule has 7 heteroatoms. The van der Waals surface area contributed by atoms with Crippen LogP contribution in [0.3, 0.4) is 0 Å². The number of rotatable bonds is 3. The number of pyridine rings is 1. The molecule has 148 valence electrons. The summed E-state index contributed by atoms with van der Waals surface area (Å²) >= 11 is 0. The number of likely N-dealkylation sites (tertiary alicyclic amines) is 1. The Balaban J connectivity index is 1.20. The Bertz CT molecular complexity index is 996. The zero-order chi connectivity index (χ0) is 19.6. The zero-order valence-electron chi connectivity index (χ0n) is 16.0. The van der Waals surface area contributed by atoms with E-state index in [0.29, 0.717) is 37.1 Å². The maximum absolute atomic E-state index is 13.0. The van der Waals surface area contributed by atoms with Crippen molar-refractivity contribution >= 4 is 5.91 Å². The first-order valence-electron chi connectivity index (χ1n) is 10.0. The average Bonchev–Trinajstić information content (AvgIpc) is 3.29. The Labute approximate surface area is 168 Å². The number of para-hydroxylation sites is 1. The SMILES string of the molecule is O=C(C1COc2ccccc2C1)N1CCC(c2nc(-c3ccccn3)no2)CC1. The summed E-state index contributed by atoms with van der Waals surface area (Å²) in [6, 6.07) is 13.6. The van der Waals surface area contributed by atoms with Gasteiger partial charge in [0.25, 0.3) is 0 Å². The van der Waals surface area contributed by atoms with Gasteiger partial charge in [-0.3, -0.25) is 9.78 Å². The van der Waals surface area contributed by atoms with Gasteiger partial charge in [-0.05, 0) is 43.0 Å². The van der Waals surface area contributed by atoms with Gasteiger partial charge in [-0.1, -0.05) is 29.4 Å². The number of piperidine rings is 1. The fraction of sp³-hybridized carbons (Fsp3) is 0.364. The summed E-state index contributed by atoms with van der Waals surface area (Å²) in [5.41, 5.74) is 1.81. The number of aromatic nitrogens is 3. The van der Waals surface area contributed by atoms with Gasteiger partial charge in [-0.2, -0.15) is 4.98 Å². The molecule has 29 heavy (non-hydrogen) atoms. The van der Waals surface area contributed by atoms with E-state index in [4.69, 9.17) is 9.26 Å². The van der Waals surface area contributed by atoms with E-state index in [0.717, 1.165) is 30.6 Å². The van der Waals surface area contributed by atoms with Crippen LogP contribution in [0.5, 0.6) is 5.75 Å². The number of hydrogen-bond acceptors (Lipinski definition) is 6. The van der Waals surface area contributed by atoms with Crippen LogP contribution in [0.25, 0.3) is 11.5 Å². The molecule has 0 saturated carbocycles. The predicted molar refractivity (Wildman–Crippen MR) is 105 cm³/mol. The van der Waals surface area contributed by atoms with Crippen molar-refractivity contribution in [1.82, 2.24) is 20.0 Å². The number of ether oxygens (including phenoxy) is 1. The molecule has 3 aromatic rings. The van der Waals surface area contributed by atoms with Crippen LogP contribution >= 0.6 is 0 Å². The molecule has 0 radical (unpaired) electrons. The van der Waals surface area contributed by atoms with E-state index in [1.165, 1.54) is 0 Å². The third-order valence-electron chi connectivity index (χ3n) is 5.72. The van der Waals surface area contributed by atoms with Gasteiger partial charge >= 0.3 is 0 Å². The molecule has 1 saturated heterocycles. The fourth-order valence-corrected chi connectivity index (χ4v) is 4.09. The van der Waals surface area contributed by atoms with Crippen molar-refractivity contribution in [2.45, 2.75) is 25.2 Å². The van der Waals surface area contributed by atoms with Gasteiger partial charge in [0.1, 0.15) is 18.1 Å². The van der Waals surface area contributed by atoms with Crippen LogP contribution in [0.2, 0.25) is 0 Å². The topological polar surface area (TPSA) is 81.4 Å². The molecule has 1 fully saturated rings. The quantitative estimate of drug-likeness (QED) is 0.684. The van der Waals surface area contributed by atoms with Crippen molar-refractivity contribution in [3.8, 4) is 17.3 Å². The van der Waals surface area contributed by atoms with Gasteiger partial charge in [0, 0.05) is 25.2 Å². The molecule has 0 bridgehead atoms. The number of nitrogens with zero attached hydrogens (tertiary/aromatic N) is 4. The molecule has 1 aromatic carbocycles. The van der Waals surface area contributed by atoms with E-state index < -0.39 is 0 Å². The zero-order valence-corrected chi connectivity index (χ0v) is 16.0. The molecule has 0 aliphatic carbocycles. The molecule has 5 rings (SSSR count). The lowest BCUT2D eigenvalue weighted by Gasteiger charge is -2.34. The third kappa shape index (κ3) is 3.60. The van der Waals surface area contributed by atoms with Gasteiger partial charge in [0.05, 0.1) is 5.92 Å². The largest absolute Gasteiger partial charge is 0.492 e. The van der Waals surface area contributed by atoms with Crippen molar-refractivity contribution in [3.05, 3.63) is 60.1 Å². The molecular weight excluding hydrogens is 368 g/mol. The summed E-state index contributed by atoms with van der Waals surface area (Å²) in [6.07, 6.45) is 4.09. The molecule has 0 spiro atoms.